The maximum absolute atomic E-state index is 11.5. The number of fused-ring (bicyclic) bond motifs is 4. The molecule has 1 unspecified atom stereocenters. The highest BCUT2D eigenvalue weighted by atomic mass is 16.5. The Morgan fingerprint density at radius 2 is 2.22 bits per heavy atom. The van der Waals surface area contributed by atoms with Crippen LogP contribution in [0.3, 0.4) is 0 Å². The van der Waals surface area contributed by atoms with Crippen molar-refractivity contribution < 1.29 is 14.1 Å². The molecule has 120 valence electrons. The summed E-state index contributed by atoms with van der Waals surface area (Å²) in [6.07, 6.45) is 4.87. The number of ether oxygens (including phenoxy) is 1. The predicted molar refractivity (Wildman–Crippen MR) is 90.1 cm³/mol. The zero-order chi connectivity index (χ0) is 15.8. The molecule has 0 bridgehead atoms. The second kappa shape index (κ2) is 5.84. The molecule has 0 saturated heterocycles. The van der Waals surface area contributed by atoms with Gasteiger partial charge in [0.15, 0.2) is 0 Å². The highest BCUT2D eigenvalue weighted by Crippen LogP contribution is 2.32. The van der Waals surface area contributed by atoms with Gasteiger partial charge in [-0.2, -0.15) is 0 Å². The third-order valence-corrected chi connectivity index (χ3v) is 5.33. The van der Waals surface area contributed by atoms with Crippen LogP contribution in [-0.4, -0.2) is 41.4 Å². The Bertz CT molecular complexity index is 788. The van der Waals surface area contributed by atoms with Gasteiger partial charge in [-0.15, -0.1) is 0 Å². The maximum atomic E-state index is 11.5. The minimum absolute atomic E-state index is 0.101. The molecule has 1 N–H and O–H groups in total. The summed E-state index contributed by atoms with van der Waals surface area (Å²) in [5.74, 6) is 0.352. The lowest BCUT2D eigenvalue weighted by atomic mass is 9.84. The van der Waals surface area contributed by atoms with Gasteiger partial charge in [-0.05, 0) is 24.5 Å². The summed E-state index contributed by atoms with van der Waals surface area (Å²) in [6, 6.07) is 8.57. The van der Waals surface area contributed by atoms with E-state index in [-0.39, 0.29) is 5.97 Å². The maximum Gasteiger partial charge on any atom is 0.305 e. The molecule has 0 spiro atoms. The van der Waals surface area contributed by atoms with Gasteiger partial charge in [-0.1, -0.05) is 18.2 Å². The van der Waals surface area contributed by atoms with Gasteiger partial charge < -0.3 is 9.72 Å². The number of esters is 1. The molecule has 4 nitrogen and oxygen atoms in total. The predicted octanol–water partition coefficient (Wildman–Crippen LogP) is 2.89. The van der Waals surface area contributed by atoms with E-state index in [4.69, 9.17) is 4.74 Å². The first kappa shape index (κ1) is 14.5. The quantitative estimate of drug-likeness (QED) is 0.700. The Kier molecular flexibility index (Phi) is 3.68. The number of hydrogen-bond acceptors (Lipinski definition) is 2. The first-order chi connectivity index (χ1) is 11.3. The zero-order valence-electron chi connectivity index (χ0n) is 13.6. The Balaban J connectivity index is 1.73. The standard InChI is InChI=1S/C19H22N2O2/c1-23-17(22)9-8-13-5-4-11-21-12-10-15-14-6-2-3-7-16(14)20-18(15)19(13)21/h2-3,6-7,13H,4-5,8-12H2,1H3/p+1. The van der Waals surface area contributed by atoms with Crippen molar-refractivity contribution in [2.24, 2.45) is 5.92 Å². The van der Waals surface area contributed by atoms with Crippen LogP contribution in [-0.2, 0) is 16.0 Å². The molecule has 0 saturated carbocycles. The van der Waals surface area contributed by atoms with Crippen molar-refractivity contribution in [1.29, 1.82) is 0 Å². The number of para-hydroxylation sites is 1. The van der Waals surface area contributed by atoms with Gasteiger partial charge in [0.05, 0.1) is 7.11 Å². The fraction of sp³-hybridized carbons (Fsp3) is 0.474. The second-order valence-corrected chi connectivity index (χ2v) is 6.60. The molecular formula is C19H23N2O2+. The number of carbonyl (C=O) groups excluding carboxylic acids is 1. The van der Waals surface area contributed by atoms with Gasteiger partial charge in [-0.25, -0.2) is 4.58 Å². The number of benzene rings is 1. The minimum atomic E-state index is -0.101. The van der Waals surface area contributed by atoms with Crippen molar-refractivity contribution in [1.82, 2.24) is 4.98 Å². The van der Waals surface area contributed by atoms with E-state index in [1.54, 1.807) is 0 Å². The molecule has 4 rings (SSSR count). The summed E-state index contributed by atoms with van der Waals surface area (Å²) >= 11 is 0. The van der Waals surface area contributed by atoms with Crippen molar-refractivity contribution in [3.8, 4) is 0 Å². The fourth-order valence-electron chi connectivity index (χ4n) is 4.24. The normalized spacial score (nSPS) is 20.3. The van der Waals surface area contributed by atoms with Crippen LogP contribution in [0.15, 0.2) is 24.3 Å². The Morgan fingerprint density at radius 1 is 1.35 bits per heavy atom. The van der Waals surface area contributed by atoms with Crippen LogP contribution in [0.5, 0.6) is 0 Å². The van der Waals surface area contributed by atoms with Crippen molar-refractivity contribution in [3.63, 3.8) is 0 Å². The SMILES string of the molecule is COC(=O)CCC1CCC[N+]2=C1c1[nH]c3ccccc3c1CC2. The minimum Gasteiger partial charge on any atom is -0.469 e. The zero-order valence-corrected chi connectivity index (χ0v) is 13.6. The molecule has 1 aromatic carbocycles. The van der Waals surface area contributed by atoms with Gasteiger partial charge in [0.1, 0.15) is 18.8 Å². The van der Waals surface area contributed by atoms with Gasteiger partial charge >= 0.3 is 5.97 Å². The molecule has 2 aromatic rings. The summed E-state index contributed by atoms with van der Waals surface area (Å²) < 4.78 is 7.36. The third-order valence-electron chi connectivity index (χ3n) is 5.33. The third kappa shape index (κ3) is 2.46. The summed E-state index contributed by atoms with van der Waals surface area (Å²) in [6.45, 7) is 2.23. The summed E-state index contributed by atoms with van der Waals surface area (Å²) in [5.41, 5.74) is 5.42. The van der Waals surface area contributed by atoms with Crippen LogP contribution in [0.4, 0.5) is 0 Å². The topological polar surface area (TPSA) is 45.1 Å². The molecule has 0 radical (unpaired) electrons. The monoisotopic (exact) mass is 311 g/mol. The lowest BCUT2D eigenvalue weighted by Gasteiger charge is -2.26. The molecule has 23 heavy (non-hydrogen) atoms. The Labute approximate surface area is 136 Å². The van der Waals surface area contributed by atoms with Gasteiger partial charge in [0.25, 0.3) is 0 Å². The van der Waals surface area contributed by atoms with Crippen molar-refractivity contribution in [3.05, 3.63) is 35.5 Å². The van der Waals surface area contributed by atoms with Gasteiger partial charge in [0.2, 0.25) is 5.71 Å². The lowest BCUT2D eigenvalue weighted by molar-refractivity contribution is -0.535. The van der Waals surface area contributed by atoms with Crippen LogP contribution in [0.1, 0.15) is 36.9 Å². The number of nitrogens with one attached hydrogen (secondary N) is 1. The number of H-pyrrole nitrogens is 1. The van der Waals surface area contributed by atoms with E-state index in [1.165, 1.54) is 41.4 Å². The van der Waals surface area contributed by atoms with Crippen LogP contribution < -0.4 is 0 Å². The Morgan fingerprint density at radius 3 is 3.09 bits per heavy atom. The summed E-state index contributed by atoms with van der Waals surface area (Å²) in [7, 11) is 1.47. The van der Waals surface area contributed by atoms with Crippen molar-refractivity contribution >= 4 is 22.6 Å². The summed E-state index contributed by atoms with van der Waals surface area (Å²) in [5, 5.41) is 1.35. The van der Waals surface area contributed by atoms with Crippen LogP contribution >= 0.6 is 0 Å². The van der Waals surface area contributed by atoms with E-state index in [2.05, 4.69) is 33.8 Å². The smallest absolute Gasteiger partial charge is 0.305 e. The number of nitrogens with zero attached hydrogens (tertiary/aromatic N) is 1. The van der Waals surface area contributed by atoms with E-state index in [0.29, 0.717) is 12.3 Å². The average molecular weight is 311 g/mol. The molecule has 4 heteroatoms. The van der Waals surface area contributed by atoms with Crippen LogP contribution in [0, 0.1) is 5.92 Å². The molecule has 0 aliphatic carbocycles. The molecule has 0 amide bonds. The number of methoxy groups -OCH3 is 1. The van der Waals surface area contributed by atoms with Crippen molar-refractivity contribution in [2.45, 2.75) is 32.1 Å². The van der Waals surface area contributed by atoms with E-state index in [9.17, 15) is 4.79 Å². The molecule has 0 fully saturated rings. The van der Waals surface area contributed by atoms with Crippen molar-refractivity contribution in [2.75, 3.05) is 20.2 Å². The number of rotatable bonds is 3. The molecule has 3 heterocycles. The first-order valence-corrected chi connectivity index (χ1v) is 8.56. The van der Waals surface area contributed by atoms with E-state index in [0.717, 1.165) is 32.4 Å². The fourth-order valence-corrected chi connectivity index (χ4v) is 4.24. The highest BCUT2D eigenvalue weighted by molar-refractivity contribution is 6.04. The van der Waals surface area contributed by atoms with E-state index >= 15 is 0 Å². The number of hydrogen-bond donors (Lipinski definition) is 1. The largest absolute Gasteiger partial charge is 0.469 e. The summed E-state index contributed by atoms with van der Waals surface area (Å²) in [4.78, 5) is 15.2. The van der Waals surface area contributed by atoms with E-state index < -0.39 is 0 Å². The molecule has 1 atom stereocenters. The van der Waals surface area contributed by atoms with Crippen LogP contribution in [0.2, 0.25) is 0 Å². The molecule has 1 aromatic heterocycles. The average Bonchev–Trinajstić information content (AvgIpc) is 2.98. The van der Waals surface area contributed by atoms with E-state index in [1.807, 2.05) is 0 Å². The Hall–Kier alpha value is -2.10. The van der Waals surface area contributed by atoms with Gasteiger partial charge in [0, 0.05) is 36.1 Å². The molecule has 2 aliphatic heterocycles. The second-order valence-electron chi connectivity index (χ2n) is 6.60. The number of carbonyl (C=O) groups is 1. The molecular weight excluding hydrogens is 288 g/mol. The van der Waals surface area contributed by atoms with Gasteiger partial charge in [-0.3, -0.25) is 4.79 Å². The molecule has 2 aliphatic rings. The van der Waals surface area contributed by atoms with Crippen LogP contribution in [0.25, 0.3) is 10.9 Å². The first-order valence-electron chi connectivity index (χ1n) is 8.56. The number of aromatic amines is 1. The highest BCUT2D eigenvalue weighted by Gasteiger charge is 2.37. The lowest BCUT2D eigenvalue weighted by Crippen LogP contribution is -2.39. The number of aromatic nitrogens is 1.